The number of aromatic nitrogens is 4. The predicted octanol–water partition coefficient (Wildman–Crippen LogP) is 2.09. The van der Waals surface area contributed by atoms with E-state index in [0.29, 0.717) is 11.0 Å². The summed E-state index contributed by atoms with van der Waals surface area (Å²) < 4.78 is 0. The van der Waals surface area contributed by atoms with Gasteiger partial charge in [-0.2, -0.15) is 5.10 Å². The molecule has 33 heavy (non-hydrogen) atoms. The summed E-state index contributed by atoms with van der Waals surface area (Å²) in [6.45, 7) is 6.06. The first-order valence-electron chi connectivity index (χ1n) is 11.3. The number of benzene rings is 1. The van der Waals surface area contributed by atoms with Crippen LogP contribution in [0.25, 0.3) is 0 Å². The fraction of sp³-hybridized carbons (Fsp3) is 0.391. The molecule has 5 rings (SSSR count). The highest BCUT2D eigenvalue weighted by Gasteiger charge is 2.29. The minimum atomic E-state index is 0.116. The second-order valence-corrected chi connectivity index (χ2v) is 9.83. The smallest absolute Gasteiger partial charge is 0.227 e. The normalized spacial score (nSPS) is 16.6. The van der Waals surface area contributed by atoms with Crippen LogP contribution in [0.2, 0.25) is 0 Å². The predicted molar refractivity (Wildman–Crippen MR) is 129 cm³/mol. The Bertz CT molecular complexity index is 1120. The third kappa shape index (κ3) is 5.63. The molecule has 2 fully saturated rings. The molecule has 1 aliphatic carbocycles. The number of piperazine rings is 1. The van der Waals surface area contributed by atoms with Gasteiger partial charge in [-0.25, -0.2) is 9.97 Å². The van der Waals surface area contributed by atoms with Crippen LogP contribution in [-0.2, 0) is 4.79 Å². The number of carbonyl (C=O) groups excluding carboxylic acids is 1. The minimum Gasteiger partial charge on any atom is -0.345 e. The maximum Gasteiger partial charge on any atom is 0.227 e. The molecule has 1 saturated carbocycles. The number of likely N-dealkylation sites (N-methyl/N-ethyl adjacent to an activating group) is 1. The largest absolute Gasteiger partial charge is 0.345 e. The van der Waals surface area contributed by atoms with Crippen molar-refractivity contribution < 1.29 is 9.69 Å². The average Bonchev–Trinajstić information content (AvgIpc) is 3.58. The van der Waals surface area contributed by atoms with Gasteiger partial charge in [-0.3, -0.25) is 9.89 Å². The van der Waals surface area contributed by atoms with E-state index in [-0.39, 0.29) is 11.8 Å². The van der Waals surface area contributed by atoms with E-state index in [1.807, 2.05) is 43.3 Å². The molecule has 1 aliphatic heterocycles. The Morgan fingerprint density at radius 1 is 1.12 bits per heavy atom. The molecule has 3 heterocycles. The van der Waals surface area contributed by atoms with Crippen molar-refractivity contribution in [2.75, 3.05) is 48.8 Å². The Morgan fingerprint density at radius 2 is 1.88 bits per heavy atom. The number of carbonyl (C=O) groups is 1. The lowest BCUT2D eigenvalue weighted by molar-refractivity contribution is -0.880. The molecule has 9 nitrogen and oxygen atoms in total. The van der Waals surface area contributed by atoms with Gasteiger partial charge in [-0.1, -0.05) is 0 Å². The van der Waals surface area contributed by atoms with Crippen molar-refractivity contribution in [1.29, 1.82) is 0 Å². The zero-order chi connectivity index (χ0) is 22.8. The summed E-state index contributed by atoms with van der Waals surface area (Å²) in [5.41, 5.74) is 1.81. The zero-order valence-electron chi connectivity index (χ0n) is 18.9. The first-order valence-corrected chi connectivity index (χ1v) is 12.2. The van der Waals surface area contributed by atoms with Crippen LogP contribution in [0, 0.1) is 12.8 Å². The Morgan fingerprint density at radius 3 is 2.55 bits per heavy atom. The number of aryl methyl sites for hydroxylation is 1. The van der Waals surface area contributed by atoms with Crippen molar-refractivity contribution in [3.63, 3.8) is 0 Å². The van der Waals surface area contributed by atoms with Gasteiger partial charge in [0, 0.05) is 34.3 Å². The monoisotopic (exact) mass is 465 g/mol. The van der Waals surface area contributed by atoms with Gasteiger partial charge in [0.2, 0.25) is 5.91 Å². The molecule has 0 bridgehead atoms. The first-order chi connectivity index (χ1) is 16.0. The average molecular weight is 466 g/mol. The van der Waals surface area contributed by atoms with Crippen molar-refractivity contribution in [3.8, 4) is 0 Å². The molecule has 1 saturated heterocycles. The van der Waals surface area contributed by atoms with E-state index in [0.717, 1.165) is 66.9 Å². The third-order valence-corrected chi connectivity index (χ3v) is 6.75. The highest BCUT2D eigenvalue weighted by Crippen LogP contribution is 2.32. The standard InChI is InChI=1S/C23H28N8OS/c1-15-13-20(29-28-15)25-19-14-21(31-11-9-30(2)10-12-31)27-23(26-19)33-18-7-5-17(6-8-18)24-22(32)16-3-4-16/h5-8,13-14,16H,3-4,9-12H2,1-2H3,(H,24,32)(H2,25,26,27,28,29)/p+1. The van der Waals surface area contributed by atoms with Crippen molar-refractivity contribution >= 4 is 40.8 Å². The second-order valence-electron chi connectivity index (χ2n) is 8.79. The van der Waals surface area contributed by atoms with E-state index in [1.54, 1.807) is 0 Å². The molecular formula is C23H29N8OS+. The van der Waals surface area contributed by atoms with E-state index < -0.39 is 0 Å². The van der Waals surface area contributed by atoms with Crippen molar-refractivity contribution in [1.82, 2.24) is 20.2 Å². The third-order valence-electron chi connectivity index (χ3n) is 5.87. The maximum absolute atomic E-state index is 12.0. The molecule has 0 atom stereocenters. The second kappa shape index (κ2) is 9.40. The SMILES string of the molecule is Cc1cc(Nc2cc(N3CC[NH+](C)CC3)nc(Sc3ccc(NC(=O)C4CC4)cc3)n2)n[nH]1. The molecule has 2 aliphatic rings. The Hall–Kier alpha value is -3.11. The number of quaternary nitrogens is 1. The van der Waals surface area contributed by atoms with Crippen LogP contribution in [0.4, 0.5) is 23.1 Å². The number of amides is 1. The van der Waals surface area contributed by atoms with Gasteiger partial charge in [0.05, 0.1) is 33.2 Å². The summed E-state index contributed by atoms with van der Waals surface area (Å²) in [7, 11) is 2.22. The van der Waals surface area contributed by atoms with Crippen LogP contribution in [0.5, 0.6) is 0 Å². The number of nitrogens with zero attached hydrogens (tertiary/aromatic N) is 4. The van der Waals surface area contributed by atoms with Gasteiger partial charge in [0.25, 0.3) is 0 Å². The van der Waals surface area contributed by atoms with Crippen molar-refractivity contribution in [3.05, 3.63) is 42.1 Å². The summed E-state index contributed by atoms with van der Waals surface area (Å²) in [6.07, 6.45) is 1.99. The van der Waals surface area contributed by atoms with E-state index in [1.165, 1.54) is 16.7 Å². The maximum atomic E-state index is 12.0. The number of H-pyrrole nitrogens is 1. The van der Waals surface area contributed by atoms with Gasteiger partial charge >= 0.3 is 0 Å². The number of aromatic amines is 1. The van der Waals surface area contributed by atoms with Gasteiger partial charge in [0.1, 0.15) is 11.6 Å². The van der Waals surface area contributed by atoms with E-state index in [4.69, 9.17) is 9.97 Å². The van der Waals surface area contributed by atoms with Crippen LogP contribution >= 0.6 is 11.8 Å². The number of anilines is 4. The topological polar surface area (TPSA) is 103 Å². The van der Waals surface area contributed by atoms with Crippen LogP contribution in [0.15, 0.2) is 46.5 Å². The summed E-state index contributed by atoms with van der Waals surface area (Å²) in [5.74, 6) is 2.67. The van der Waals surface area contributed by atoms with E-state index in [2.05, 4.69) is 32.8 Å². The summed E-state index contributed by atoms with van der Waals surface area (Å²) in [5, 5.41) is 14.2. The zero-order valence-corrected chi connectivity index (χ0v) is 19.7. The van der Waals surface area contributed by atoms with Crippen LogP contribution in [0.3, 0.4) is 0 Å². The van der Waals surface area contributed by atoms with Gasteiger partial charge in [-0.15, -0.1) is 0 Å². The number of hydrogen-bond donors (Lipinski definition) is 4. The van der Waals surface area contributed by atoms with Crippen molar-refractivity contribution in [2.45, 2.75) is 29.8 Å². The Kier molecular flexibility index (Phi) is 6.19. The molecule has 0 unspecified atom stereocenters. The Balaban J connectivity index is 1.35. The Labute approximate surface area is 197 Å². The van der Waals surface area contributed by atoms with E-state index >= 15 is 0 Å². The quantitative estimate of drug-likeness (QED) is 0.396. The molecule has 1 aromatic carbocycles. The molecule has 0 spiro atoms. The van der Waals surface area contributed by atoms with E-state index in [9.17, 15) is 4.79 Å². The number of rotatable bonds is 7. The first kappa shape index (κ1) is 21.7. The molecule has 4 N–H and O–H groups in total. The lowest BCUT2D eigenvalue weighted by Gasteiger charge is -2.31. The fourth-order valence-corrected chi connectivity index (χ4v) is 4.48. The summed E-state index contributed by atoms with van der Waals surface area (Å²) >= 11 is 1.51. The minimum absolute atomic E-state index is 0.116. The number of hydrogen-bond acceptors (Lipinski definition) is 7. The van der Waals surface area contributed by atoms with Crippen molar-refractivity contribution in [2.24, 2.45) is 5.92 Å². The molecule has 3 aromatic rings. The van der Waals surface area contributed by atoms with Crippen LogP contribution < -0.4 is 20.4 Å². The van der Waals surface area contributed by atoms with Crippen LogP contribution in [-0.4, -0.2) is 59.3 Å². The summed E-state index contributed by atoms with van der Waals surface area (Å²) in [4.78, 5) is 26.4. The highest BCUT2D eigenvalue weighted by atomic mass is 32.2. The lowest BCUT2D eigenvalue weighted by atomic mass is 10.3. The van der Waals surface area contributed by atoms with Gasteiger partial charge in [-0.05, 0) is 55.8 Å². The molecule has 0 radical (unpaired) electrons. The van der Waals surface area contributed by atoms with Gasteiger partial charge < -0.3 is 20.4 Å². The fourth-order valence-electron chi connectivity index (χ4n) is 3.72. The molecule has 172 valence electrons. The lowest BCUT2D eigenvalue weighted by Crippen LogP contribution is -3.12. The summed E-state index contributed by atoms with van der Waals surface area (Å²) in [6, 6.07) is 11.8. The molecule has 10 heteroatoms. The highest BCUT2D eigenvalue weighted by molar-refractivity contribution is 7.99. The van der Waals surface area contributed by atoms with Gasteiger partial charge in [0.15, 0.2) is 11.0 Å². The van der Waals surface area contributed by atoms with Crippen LogP contribution in [0.1, 0.15) is 18.5 Å². The molecular weight excluding hydrogens is 436 g/mol. The molecule has 1 amide bonds. The molecule has 2 aromatic heterocycles. The number of nitrogens with one attached hydrogen (secondary N) is 4.